The molecule has 0 spiro atoms. The van der Waals surface area contributed by atoms with E-state index in [1.807, 2.05) is 0 Å². The fourth-order valence-corrected chi connectivity index (χ4v) is 1.55. The van der Waals surface area contributed by atoms with Gasteiger partial charge in [-0.3, -0.25) is 4.79 Å². The van der Waals surface area contributed by atoms with Gasteiger partial charge in [0.1, 0.15) is 17.4 Å². The number of methoxy groups -OCH3 is 3. The highest BCUT2D eigenvalue weighted by atomic mass is 16.5. The number of hydrogen-bond donors (Lipinski definition) is 0. The zero-order valence-corrected chi connectivity index (χ0v) is 10.8. The summed E-state index contributed by atoms with van der Waals surface area (Å²) in [6, 6.07) is 6.44. The molecule has 0 aliphatic rings. The van der Waals surface area contributed by atoms with Gasteiger partial charge >= 0.3 is 5.97 Å². The van der Waals surface area contributed by atoms with Gasteiger partial charge in [-0.1, -0.05) is 0 Å². The van der Waals surface area contributed by atoms with Gasteiger partial charge in [0, 0.05) is 5.56 Å². The van der Waals surface area contributed by atoms with E-state index >= 15 is 0 Å². The van der Waals surface area contributed by atoms with Gasteiger partial charge in [-0.05, 0) is 18.2 Å². The molecular formula is C13H13NO5. The SMILES string of the molecule is COC(=O)C(=O)C(C#N)c1cc(OC)ccc1OC. The third-order valence-electron chi connectivity index (χ3n) is 2.53. The largest absolute Gasteiger partial charge is 0.497 e. The lowest BCUT2D eigenvalue weighted by Gasteiger charge is -2.13. The first-order chi connectivity index (χ1) is 9.08. The Morgan fingerprint density at radius 1 is 1.21 bits per heavy atom. The van der Waals surface area contributed by atoms with Crippen LogP contribution >= 0.6 is 0 Å². The number of nitriles is 1. The molecule has 0 amide bonds. The molecule has 1 rings (SSSR count). The van der Waals surface area contributed by atoms with Crippen molar-refractivity contribution in [3.63, 3.8) is 0 Å². The Balaban J connectivity index is 3.28. The van der Waals surface area contributed by atoms with Crippen LogP contribution < -0.4 is 9.47 Å². The molecule has 1 aromatic carbocycles. The van der Waals surface area contributed by atoms with Gasteiger partial charge < -0.3 is 14.2 Å². The number of Topliss-reactive ketones (excluding diaryl/α,β-unsaturated/α-hetero) is 1. The van der Waals surface area contributed by atoms with Crippen molar-refractivity contribution in [2.24, 2.45) is 0 Å². The number of esters is 1. The van der Waals surface area contributed by atoms with Gasteiger partial charge in [0.15, 0.2) is 0 Å². The minimum absolute atomic E-state index is 0.264. The van der Waals surface area contributed by atoms with E-state index in [1.165, 1.54) is 20.3 Å². The molecular weight excluding hydrogens is 250 g/mol. The zero-order chi connectivity index (χ0) is 14.4. The molecule has 0 radical (unpaired) electrons. The molecule has 19 heavy (non-hydrogen) atoms. The van der Waals surface area contributed by atoms with Gasteiger partial charge in [-0.2, -0.15) is 5.26 Å². The second-order valence-electron chi connectivity index (χ2n) is 3.53. The van der Waals surface area contributed by atoms with Gasteiger partial charge in [-0.25, -0.2) is 4.79 Å². The summed E-state index contributed by atoms with van der Waals surface area (Å²) in [5.41, 5.74) is 0.264. The zero-order valence-electron chi connectivity index (χ0n) is 10.8. The van der Waals surface area contributed by atoms with Crippen molar-refractivity contribution in [2.75, 3.05) is 21.3 Å². The lowest BCUT2D eigenvalue weighted by atomic mass is 9.95. The van der Waals surface area contributed by atoms with E-state index in [-0.39, 0.29) is 5.56 Å². The number of ether oxygens (including phenoxy) is 3. The van der Waals surface area contributed by atoms with E-state index in [9.17, 15) is 9.59 Å². The highest BCUT2D eigenvalue weighted by Crippen LogP contribution is 2.31. The highest BCUT2D eigenvalue weighted by Gasteiger charge is 2.30. The van der Waals surface area contributed by atoms with Crippen molar-refractivity contribution in [3.05, 3.63) is 23.8 Å². The number of nitrogens with zero attached hydrogens (tertiary/aromatic N) is 1. The number of ketones is 1. The Morgan fingerprint density at radius 2 is 1.89 bits per heavy atom. The number of benzene rings is 1. The van der Waals surface area contributed by atoms with Crippen LogP contribution in [0.4, 0.5) is 0 Å². The van der Waals surface area contributed by atoms with Crippen molar-refractivity contribution < 1.29 is 23.8 Å². The predicted molar refractivity (Wildman–Crippen MR) is 64.9 cm³/mol. The Bertz CT molecular complexity index is 532. The fourth-order valence-electron chi connectivity index (χ4n) is 1.55. The minimum Gasteiger partial charge on any atom is -0.497 e. The Kier molecular flexibility index (Phi) is 4.89. The maximum Gasteiger partial charge on any atom is 0.376 e. The molecule has 0 saturated heterocycles. The van der Waals surface area contributed by atoms with Crippen LogP contribution in [0, 0.1) is 11.3 Å². The number of carbonyl (C=O) groups is 2. The molecule has 100 valence electrons. The van der Waals surface area contributed by atoms with Crippen molar-refractivity contribution in [3.8, 4) is 17.6 Å². The van der Waals surface area contributed by atoms with E-state index in [0.717, 1.165) is 7.11 Å². The molecule has 6 heteroatoms. The first-order valence-corrected chi connectivity index (χ1v) is 5.32. The van der Waals surface area contributed by atoms with Gasteiger partial charge in [0.25, 0.3) is 5.78 Å². The molecule has 0 aromatic heterocycles. The van der Waals surface area contributed by atoms with Gasteiger partial charge in [-0.15, -0.1) is 0 Å². The number of rotatable bonds is 5. The molecule has 1 atom stereocenters. The summed E-state index contributed by atoms with van der Waals surface area (Å²) in [6.07, 6.45) is 0. The molecule has 6 nitrogen and oxygen atoms in total. The third-order valence-corrected chi connectivity index (χ3v) is 2.53. The molecule has 0 fully saturated rings. The predicted octanol–water partition coefficient (Wildman–Crippen LogP) is 1.05. The molecule has 0 aliphatic heterocycles. The van der Waals surface area contributed by atoms with Crippen molar-refractivity contribution >= 4 is 11.8 Å². The average molecular weight is 263 g/mol. The second-order valence-corrected chi connectivity index (χ2v) is 3.53. The molecule has 0 heterocycles. The lowest BCUT2D eigenvalue weighted by Crippen LogP contribution is -2.23. The van der Waals surface area contributed by atoms with E-state index in [0.29, 0.717) is 11.5 Å². The molecule has 0 bridgehead atoms. The molecule has 0 aliphatic carbocycles. The molecule has 1 unspecified atom stereocenters. The second kappa shape index (κ2) is 6.40. The van der Waals surface area contributed by atoms with Crippen LogP contribution in [0.15, 0.2) is 18.2 Å². The van der Waals surface area contributed by atoms with Crippen molar-refractivity contribution in [1.29, 1.82) is 5.26 Å². The molecule has 0 saturated carbocycles. The average Bonchev–Trinajstić information content (AvgIpc) is 2.46. The Hall–Kier alpha value is -2.55. The highest BCUT2D eigenvalue weighted by molar-refractivity contribution is 6.36. The van der Waals surface area contributed by atoms with E-state index in [1.54, 1.807) is 18.2 Å². The van der Waals surface area contributed by atoms with Crippen LogP contribution in [-0.4, -0.2) is 33.1 Å². The number of carbonyl (C=O) groups excluding carboxylic acids is 2. The van der Waals surface area contributed by atoms with Crippen LogP contribution in [0.5, 0.6) is 11.5 Å². The Labute approximate surface area is 110 Å². The van der Waals surface area contributed by atoms with Gasteiger partial charge in [0.2, 0.25) is 0 Å². The molecule has 0 N–H and O–H groups in total. The van der Waals surface area contributed by atoms with Crippen LogP contribution in [0.2, 0.25) is 0 Å². The lowest BCUT2D eigenvalue weighted by molar-refractivity contribution is -0.151. The summed E-state index contributed by atoms with van der Waals surface area (Å²) < 4.78 is 14.4. The topological polar surface area (TPSA) is 85.6 Å². The van der Waals surface area contributed by atoms with E-state index in [4.69, 9.17) is 14.7 Å². The quantitative estimate of drug-likeness (QED) is 0.583. The van der Waals surface area contributed by atoms with Crippen LogP contribution in [0.25, 0.3) is 0 Å². The summed E-state index contributed by atoms with van der Waals surface area (Å²) in [7, 11) is 3.94. The van der Waals surface area contributed by atoms with Gasteiger partial charge in [0.05, 0.1) is 27.4 Å². The summed E-state index contributed by atoms with van der Waals surface area (Å²) in [6.45, 7) is 0. The maximum atomic E-state index is 11.8. The van der Waals surface area contributed by atoms with Crippen LogP contribution in [-0.2, 0) is 14.3 Å². The first-order valence-electron chi connectivity index (χ1n) is 5.32. The summed E-state index contributed by atoms with van der Waals surface area (Å²) in [5.74, 6) is -2.54. The monoisotopic (exact) mass is 263 g/mol. The first kappa shape index (κ1) is 14.5. The Morgan fingerprint density at radius 3 is 2.37 bits per heavy atom. The summed E-state index contributed by atoms with van der Waals surface area (Å²) >= 11 is 0. The van der Waals surface area contributed by atoms with E-state index < -0.39 is 17.7 Å². The van der Waals surface area contributed by atoms with E-state index in [2.05, 4.69) is 4.74 Å². The smallest absolute Gasteiger partial charge is 0.376 e. The normalized spacial score (nSPS) is 11.1. The summed E-state index contributed by atoms with van der Waals surface area (Å²) in [5, 5.41) is 9.10. The van der Waals surface area contributed by atoms with Crippen molar-refractivity contribution in [2.45, 2.75) is 5.92 Å². The molecule has 1 aromatic rings. The maximum absolute atomic E-state index is 11.8. The van der Waals surface area contributed by atoms with Crippen LogP contribution in [0.3, 0.4) is 0 Å². The minimum atomic E-state index is -1.29. The third kappa shape index (κ3) is 3.01. The van der Waals surface area contributed by atoms with Crippen LogP contribution in [0.1, 0.15) is 11.5 Å². The fraction of sp³-hybridized carbons (Fsp3) is 0.308. The summed E-state index contributed by atoms with van der Waals surface area (Å²) in [4.78, 5) is 23.0. The van der Waals surface area contributed by atoms with Crippen molar-refractivity contribution in [1.82, 2.24) is 0 Å². The number of hydrogen-bond acceptors (Lipinski definition) is 6. The standard InChI is InChI=1S/C13H13NO5/c1-17-8-4-5-11(18-2)9(6-8)10(7-14)12(15)13(16)19-3/h4-6,10H,1-3H3.